The average Bonchev–Trinajstić information content (AvgIpc) is 3.27. The monoisotopic (exact) mass is 269 g/mol. The average molecular weight is 269 g/mol. The minimum absolute atomic E-state index is 0.550. The van der Waals surface area contributed by atoms with Crippen molar-refractivity contribution in [2.75, 3.05) is 11.4 Å². The Kier molecular flexibility index (Phi) is 3.62. The molecule has 0 atom stereocenters. The van der Waals surface area contributed by atoms with E-state index in [9.17, 15) is 0 Å². The highest BCUT2D eigenvalue weighted by molar-refractivity contribution is 5.82. The van der Waals surface area contributed by atoms with E-state index in [-0.39, 0.29) is 0 Å². The van der Waals surface area contributed by atoms with Crippen molar-refractivity contribution in [3.63, 3.8) is 0 Å². The van der Waals surface area contributed by atoms with Gasteiger partial charge in [-0.3, -0.25) is 0 Å². The van der Waals surface area contributed by atoms with E-state index in [0.717, 1.165) is 23.4 Å². The van der Waals surface area contributed by atoms with Crippen molar-refractivity contribution >= 4 is 16.7 Å². The van der Waals surface area contributed by atoms with E-state index in [1.165, 1.54) is 18.2 Å². The molecular formula is C17H23N3. The van der Waals surface area contributed by atoms with Gasteiger partial charge in [0.15, 0.2) is 0 Å². The van der Waals surface area contributed by atoms with Gasteiger partial charge < -0.3 is 10.6 Å². The zero-order chi connectivity index (χ0) is 14.1. The third-order valence-corrected chi connectivity index (χ3v) is 3.82. The fraction of sp³-hybridized carbons (Fsp3) is 0.471. The number of hydrogen-bond acceptors (Lipinski definition) is 3. The van der Waals surface area contributed by atoms with Crippen LogP contribution in [-0.4, -0.2) is 17.6 Å². The maximum atomic E-state index is 5.96. The number of pyridine rings is 1. The highest BCUT2D eigenvalue weighted by atomic mass is 15.2. The molecule has 1 aromatic heterocycles. The molecule has 0 unspecified atom stereocenters. The van der Waals surface area contributed by atoms with Crippen molar-refractivity contribution in [1.29, 1.82) is 0 Å². The molecule has 3 nitrogen and oxygen atoms in total. The first kappa shape index (κ1) is 13.4. The molecule has 0 spiro atoms. The summed E-state index contributed by atoms with van der Waals surface area (Å²) in [6.07, 6.45) is 2.57. The van der Waals surface area contributed by atoms with Crippen LogP contribution in [0.2, 0.25) is 0 Å². The van der Waals surface area contributed by atoms with Crippen LogP contribution in [0.5, 0.6) is 0 Å². The standard InChI is InChI=1S/C17H23N3/c1-12(2)11-20(15-7-8-15)17-14(10-18)9-13-5-3-4-6-16(13)19-17/h3-6,9,12,15H,7-8,10-11,18H2,1-2H3. The summed E-state index contributed by atoms with van der Waals surface area (Å²) in [6.45, 7) is 6.13. The van der Waals surface area contributed by atoms with E-state index >= 15 is 0 Å². The van der Waals surface area contributed by atoms with Crippen LogP contribution in [0.15, 0.2) is 30.3 Å². The fourth-order valence-electron chi connectivity index (χ4n) is 2.74. The first-order chi connectivity index (χ1) is 9.69. The second kappa shape index (κ2) is 5.41. The molecule has 1 heterocycles. The minimum Gasteiger partial charge on any atom is -0.353 e. The number of aromatic nitrogens is 1. The molecule has 1 aromatic carbocycles. The summed E-state index contributed by atoms with van der Waals surface area (Å²) < 4.78 is 0. The molecule has 1 aliphatic rings. The molecule has 3 rings (SSSR count). The Morgan fingerprint density at radius 3 is 2.70 bits per heavy atom. The van der Waals surface area contributed by atoms with Gasteiger partial charge in [0.25, 0.3) is 0 Å². The Morgan fingerprint density at radius 1 is 1.30 bits per heavy atom. The molecule has 106 valence electrons. The lowest BCUT2D eigenvalue weighted by Gasteiger charge is -2.27. The van der Waals surface area contributed by atoms with Crippen LogP contribution in [0.3, 0.4) is 0 Å². The quantitative estimate of drug-likeness (QED) is 0.905. The van der Waals surface area contributed by atoms with E-state index in [0.29, 0.717) is 18.5 Å². The maximum absolute atomic E-state index is 5.96. The third kappa shape index (κ3) is 2.63. The summed E-state index contributed by atoms with van der Waals surface area (Å²) >= 11 is 0. The first-order valence-corrected chi connectivity index (χ1v) is 7.54. The van der Waals surface area contributed by atoms with Crippen molar-refractivity contribution in [2.24, 2.45) is 11.7 Å². The Morgan fingerprint density at radius 2 is 2.05 bits per heavy atom. The van der Waals surface area contributed by atoms with Crippen LogP contribution < -0.4 is 10.6 Å². The lowest BCUT2D eigenvalue weighted by molar-refractivity contribution is 0.601. The molecule has 1 fully saturated rings. The summed E-state index contributed by atoms with van der Waals surface area (Å²) in [6, 6.07) is 11.2. The van der Waals surface area contributed by atoms with Crippen LogP contribution in [0.25, 0.3) is 10.9 Å². The highest BCUT2D eigenvalue weighted by Gasteiger charge is 2.31. The molecule has 1 saturated carbocycles. The van der Waals surface area contributed by atoms with Gasteiger partial charge >= 0.3 is 0 Å². The first-order valence-electron chi connectivity index (χ1n) is 7.54. The van der Waals surface area contributed by atoms with Crippen LogP contribution in [0, 0.1) is 5.92 Å². The maximum Gasteiger partial charge on any atom is 0.134 e. The second-order valence-corrected chi connectivity index (χ2v) is 6.15. The van der Waals surface area contributed by atoms with Gasteiger partial charge in [0.05, 0.1) is 5.52 Å². The van der Waals surface area contributed by atoms with Gasteiger partial charge in [-0.2, -0.15) is 0 Å². The second-order valence-electron chi connectivity index (χ2n) is 6.15. The molecule has 0 saturated heterocycles. The molecule has 2 aromatic rings. The van der Waals surface area contributed by atoms with Gasteiger partial charge in [0.1, 0.15) is 5.82 Å². The predicted molar refractivity (Wildman–Crippen MR) is 84.8 cm³/mol. The Hall–Kier alpha value is -1.61. The zero-order valence-electron chi connectivity index (χ0n) is 12.3. The third-order valence-electron chi connectivity index (χ3n) is 3.82. The Labute approximate surface area is 120 Å². The molecule has 0 amide bonds. The molecule has 3 heteroatoms. The van der Waals surface area contributed by atoms with Gasteiger partial charge in [-0.05, 0) is 30.9 Å². The van der Waals surface area contributed by atoms with Gasteiger partial charge in [-0.25, -0.2) is 4.98 Å². The van der Waals surface area contributed by atoms with Crippen molar-refractivity contribution in [2.45, 2.75) is 39.3 Å². The molecule has 1 aliphatic carbocycles. The van der Waals surface area contributed by atoms with Crippen molar-refractivity contribution in [1.82, 2.24) is 4.98 Å². The van der Waals surface area contributed by atoms with Crippen molar-refractivity contribution in [3.05, 3.63) is 35.9 Å². The van der Waals surface area contributed by atoms with Crippen LogP contribution >= 0.6 is 0 Å². The SMILES string of the molecule is CC(C)CN(c1nc2ccccc2cc1CN)C1CC1. The van der Waals surface area contributed by atoms with E-state index in [2.05, 4.69) is 43.0 Å². The lowest BCUT2D eigenvalue weighted by Crippen LogP contribution is -2.32. The predicted octanol–water partition coefficient (Wildman–Crippen LogP) is 3.32. The summed E-state index contributed by atoms with van der Waals surface area (Å²) in [5.74, 6) is 1.73. The lowest BCUT2D eigenvalue weighted by atomic mass is 10.1. The molecule has 2 N–H and O–H groups in total. The highest BCUT2D eigenvalue weighted by Crippen LogP contribution is 2.34. The van der Waals surface area contributed by atoms with Crippen molar-refractivity contribution < 1.29 is 0 Å². The normalized spacial score (nSPS) is 15.0. The molecule has 20 heavy (non-hydrogen) atoms. The van der Waals surface area contributed by atoms with E-state index in [4.69, 9.17) is 10.7 Å². The number of nitrogens with two attached hydrogens (primary N) is 1. The Bertz CT molecular complexity index is 602. The molecular weight excluding hydrogens is 246 g/mol. The number of benzene rings is 1. The van der Waals surface area contributed by atoms with Gasteiger partial charge in [-0.15, -0.1) is 0 Å². The molecule has 0 bridgehead atoms. The molecule has 0 radical (unpaired) electrons. The summed E-state index contributed by atoms with van der Waals surface area (Å²) in [7, 11) is 0. The number of hydrogen-bond donors (Lipinski definition) is 1. The number of rotatable bonds is 5. The zero-order valence-corrected chi connectivity index (χ0v) is 12.3. The number of anilines is 1. The van der Waals surface area contributed by atoms with Gasteiger partial charge in [-0.1, -0.05) is 32.0 Å². The van der Waals surface area contributed by atoms with Gasteiger partial charge in [0.2, 0.25) is 0 Å². The summed E-state index contributed by atoms with van der Waals surface area (Å²) in [4.78, 5) is 7.38. The Balaban J connectivity index is 2.07. The molecule has 0 aliphatic heterocycles. The largest absolute Gasteiger partial charge is 0.353 e. The van der Waals surface area contributed by atoms with Gasteiger partial charge in [0, 0.05) is 30.1 Å². The fourth-order valence-corrected chi connectivity index (χ4v) is 2.74. The van der Waals surface area contributed by atoms with E-state index < -0.39 is 0 Å². The summed E-state index contributed by atoms with van der Waals surface area (Å²) in [5, 5.41) is 1.18. The number of fused-ring (bicyclic) bond motifs is 1. The smallest absolute Gasteiger partial charge is 0.134 e. The van der Waals surface area contributed by atoms with Crippen LogP contribution in [0.1, 0.15) is 32.3 Å². The van der Waals surface area contributed by atoms with E-state index in [1.54, 1.807) is 0 Å². The van der Waals surface area contributed by atoms with Crippen molar-refractivity contribution in [3.8, 4) is 0 Å². The number of nitrogens with zero attached hydrogens (tertiary/aromatic N) is 2. The van der Waals surface area contributed by atoms with E-state index in [1.807, 2.05) is 6.07 Å². The topological polar surface area (TPSA) is 42.2 Å². The van der Waals surface area contributed by atoms with Crippen LogP contribution in [0.4, 0.5) is 5.82 Å². The number of para-hydroxylation sites is 1. The minimum atomic E-state index is 0.550. The summed E-state index contributed by atoms with van der Waals surface area (Å²) in [5.41, 5.74) is 8.19. The van der Waals surface area contributed by atoms with Crippen LogP contribution in [-0.2, 0) is 6.54 Å².